The van der Waals surface area contributed by atoms with E-state index < -0.39 is 0 Å². The fraction of sp³-hybridized carbons (Fsp3) is 0.900. The molecule has 0 aromatic carbocycles. The number of carbonyl (C=O) groups is 1. The summed E-state index contributed by atoms with van der Waals surface area (Å²) in [6.07, 6.45) is 2.62. The number of cyclic esters (lactones) is 1. The van der Waals surface area contributed by atoms with Crippen LogP contribution in [0.25, 0.3) is 0 Å². The number of epoxide rings is 1. The number of carbonyl (C=O) groups excluding carboxylic acids is 1. The molecule has 0 aromatic heterocycles. The zero-order chi connectivity index (χ0) is 9.47. The molecular formula is C10H16O3. The van der Waals surface area contributed by atoms with Gasteiger partial charge in [-0.25, -0.2) is 0 Å². The number of esters is 1. The van der Waals surface area contributed by atoms with Crippen molar-refractivity contribution in [2.45, 2.75) is 44.8 Å². The maximum atomic E-state index is 11.3. The van der Waals surface area contributed by atoms with E-state index in [9.17, 15) is 4.79 Å². The summed E-state index contributed by atoms with van der Waals surface area (Å²) in [5.74, 6) is 0.302. The van der Waals surface area contributed by atoms with E-state index in [-0.39, 0.29) is 17.7 Å². The Hall–Kier alpha value is -0.570. The van der Waals surface area contributed by atoms with Crippen molar-refractivity contribution >= 4 is 5.97 Å². The van der Waals surface area contributed by atoms with Crippen molar-refractivity contribution in [2.75, 3.05) is 6.61 Å². The lowest BCUT2D eigenvalue weighted by Gasteiger charge is -2.15. The first-order chi connectivity index (χ1) is 6.10. The van der Waals surface area contributed by atoms with Crippen LogP contribution in [0, 0.1) is 5.92 Å². The molecule has 2 heterocycles. The summed E-state index contributed by atoms with van der Waals surface area (Å²) in [5.41, 5.74) is -0.0247. The molecule has 0 radical (unpaired) electrons. The van der Waals surface area contributed by atoms with Gasteiger partial charge in [-0.05, 0) is 26.7 Å². The van der Waals surface area contributed by atoms with Crippen LogP contribution >= 0.6 is 0 Å². The Morgan fingerprint density at radius 1 is 1.46 bits per heavy atom. The largest absolute Gasteiger partial charge is 0.463 e. The molecule has 0 aliphatic carbocycles. The first kappa shape index (κ1) is 9.00. The van der Waals surface area contributed by atoms with Gasteiger partial charge in [-0.2, -0.15) is 0 Å². The number of rotatable bonds is 1. The molecule has 0 spiro atoms. The average Bonchev–Trinajstić information content (AvgIpc) is 2.78. The predicted octanol–water partition coefficient (Wildman–Crippen LogP) is 1.51. The summed E-state index contributed by atoms with van der Waals surface area (Å²) in [7, 11) is 0. The summed E-state index contributed by atoms with van der Waals surface area (Å²) >= 11 is 0. The highest BCUT2D eigenvalue weighted by atomic mass is 16.6. The molecule has 2 saturated heterocycles. The Morgan fingerprint density at radius 2 is 2.15 bits per heavy atom. The van der Waals surface area contributed by atoms with Crippen molar-refractivity contribution in [3.8, 4) is 0 Å². The lowest BCUT2D eigenvalue weighted by molar-refractivity contribution is -0.147. The second-order valence-corrected chi connectivity index (χ2v) is 4.38. The first-order valence-electron chi connectivity index (χ1n) is 4.93. The van der Waals surface area contributed by atoms with Gasteiger partial charge in [-0.15, -0.1) is 0 Å². The molecule has 2 rings (SSSR count). The molecule has 0 aromatic rings. The van der Waals surface area contributed by atoms with Gasteiger partial charge in [0.15, 0.2) is 0 Å². The molecule has 3 nitrogen and oxygen atoms in total. The topological polar surface area (TPSA) is 38.8 Å². The van der Waals surface area contributed by atoms with E-state index in [1.54, 1.807) is 0 Å². The monoisotopic (exact) mass is 184 g/mol. The highest BCUT2D eigenvalue weighted by molar-refractivity contribution is 5.70. The van der Waals surface area contributed by atoms with Gasteiger partial charge in [-0.3, -0.25) is 4.79 Å². The molecule has 3 heteroatoms. The van der Waals surface area contributed by atoms with Crippen LogP contribution in [0.15, 0.2) is 0 Å². The van der Waals surface area contributed by atoms with Crippen molar-refractivity contribution in [2.24, 2.45) is 5.92 Å². The Morgan fingerprint density at radius 3 is 2.77 bits per heavy atom. The smallest absolute Gasteiger partial charge is 0.306 e. The van der Waals surface area contributed by atoms with Crippen molar-refractivity contribution in [1.29, 1.82) is 0 Å². The fourth-order valence-corrected chi connectivity index (χ4v) is 1.94. The van der Waals surface area contributed by atoms with Crippen LogP contribution in [-0.2, 0) is 14.3 Å². The molecule has 3 atom stereocenters. The van der Waals surface area contributed by atoms with Crippen molar-refractivity contribution in [3.05, 3.63) is 0 Å². The second-order valence-electron chi connectivity index (χ2n) is 4.38. The van der Waals surface area contributed by atoms with Gasteiger partial charge in [0, 0.05) is 5.92 Å². The van der Waals surface area contributed by atoms with Gasteiger partial charge in [-0.1, -0.05) is 0 Å². The highest BCUT2D eigenvalue weighted by Crippen LogP contribution is 2.41. The molecule has 0 amide bonds. The third-order valence-corrected chi connectivity index (χ3v) is 3.13. The maximum Gasteiger partial charge on any atom is 0.306 e. The lowest BCUT2D eigenvalue weighted by Crippen LogP contribution is -2.22. The van der Waals surface area contributed by atoms with Gasteiger partial charge in [0.2, 0.25) is 0 Å². The molecule has 0 saturated carbocycles. The van der Waals surface area contributed by atoms with Crippen LogP contribution in [0.3, 0.4) is 0 Å². The zero-order valence-corrected chi connectivity index (χ0v) is 8.21. The number of ether oxygens (including phenoxy) is 2. The van der Waals surface area contributed by atoms with Gasteiger partial charge < -0.3 is 9.47 Å². The normalized spacial score (nSPS) is 45.2. The van der Waals surface area contributed by atoms with Crippen LogP contribution in [0.4, 0.5) is 0 Å². The van der Waals surface area contributed by atoms with E-state index in [4.69, 9.17) is 9.47 Å². The third-order valence-electron chi connectivity index (χ3n) is 3.13. The maximum absolute atomic E-state index is 11.3. The first-order valence-corrected chi connectivity index (χ1v) is 4.93. The van der Waals surface area contributed by atoms with Gasteiger partial charge >= 0.3 is 5.97 Å². The standard InChI is InChI=1S/C10H16O3/c1-7-3-4-8(5-9(11)13-7)10(2)6-12-10/h7-8H,3-6H2,1-2H3/t7-,8-,10+/m1/s1. The fourth-order valence-electron chi connectivity index (χ4n) is 1.94. The van der Waals surface area contributed by atoms with Gasteiger partial charge in [0.05, 0.1) is 24.7 Å². The van der Waals surface area contributed by atoms with Crippen LogP contribution in [-0.4, -0.2) is 24.3 Å². The molecule has 74 valence electrons. The summed E-state index contributed by atoms with van der Waals surface area (Å²) < 4.78 is 10.5. The van der Waals surface area contributed by atoms with E-state index in [0.29, 0.717) is 12.3 Å². The number of hydrogen-bond acceptors (Lipinski definition) is 3. The predicted molar refractivity (Wildman–Crippen MR) is 47.3 cm³/mol. The van der Waals surface area contributed by atoms with Crippen LogP contribution in [0.5, 0.6) is 0 Å². The third kappa shape index (κ3) is 1.85. The molecule has 2 aliphatic rings. The number of hydrogen-bond donors (Lipinski definition) is 0. The highest BCUT2D eigenvalue weighted by Gasteiger charge is 2.48. The molecule has 0 bridgehead atoms. The summed E-state index contributed by atoms with van der Waals surface area (Å²) in [5, 5.41) is 0. The van der Waals surface area contributed by atoms with E-state index >= 15 is 0 Å². The molecular weight excluding hydrogens is 168 g/mol. The molecule has 2 aliphatic heterocycles. The van der Waals surface area contributed by atoms with Gasteiger partial charge in [0.25, 0.3) is 0 Å². The Labute approximate surface area is 78.4 Å². The summed E-state index contributed by atoms with van der Waals surface area (Å²) in [4.78, 5) is 11.3. The average molecular weight is 184 g/mol. The molecule has 2 fully saturated rings. The van der Waals surface area contributed by atoms with Crippen LogP contribution < -0.4 is 0 Å². The molecule has 0 unspecified atom stereocenters. The van der Waals surface area contributed by atoms with E-state index in [0.717, 1.165) is 19.4 Å². The van der Waals surface area contributed by atoms with Crippen molar-refractivity contribution < 1.29 is 14.3 Å². The Bertz CT molecular complexity index is 220. The minimum absolute atomic E-state index is 0.0247. The molecule has 0 N–H and O–H groups in total. The molecule has 13 heavy (non-hydrogen) atoms. The minimum Gasteiger partial charge on any atom is -0.463 e. The van der Waals surface area contributed by atoms with Crippen LogP contribution in [0.2, 0.25) is 0 Å². The summed E-state index contributed by atoms with van der Waals surface area (Å²) in [6, 6.07) is 0. The zero-order valence-electron chi connectivity index (χ0n) is 8.21. The van der Waals surface area contributed by atoms with Crippen molar-refractivity contribution in [3.63, 3.8) is 0 Å². The summed E-state index contributed by atoms with van der Waals surface area (Å²) in [6.45, 7) is 4.84. The Balaban J connectivity index is 2.01. The van der Waals surface area contributed by atoms with Gasteiger partial charge in [0.1, 0.15) is 0 Å². The lowest BCUT2D eigenvalue weighted by atomic mass is 9.87. The van der Waals surface area contributed by atoms with Crippen molar-refractivity contribution in [1.82, 2.24) is 0 Å². The Kier molecular flexibility index (Phi) is 2.06. The SMILES string of the molecule is C[C@@H]1CC[C@@H]([C@]2(C)CO2)CC(=O)O1. The van der Waals surface area contributed by atoms with Crippen LogP contribution in [0.1, 0.15) is 33.1 Å². The second kappa shape index (κ2) is 2.98. The van der Waals surface area contributed by atoms with E-state index in [1.165, 1.54) is 0 Å². The minimum atomic E-state index is -0.0632. The quantitative estimate of drug-likeness (QED) is 0.458. The van der Waals surface area contributed by atoms with E-state index in [1.807, 2.05) is 6.92 Å². The van der Waals surface area contributed by atoms with E-state index in [2.05, 4.69) is 6.92 Å².